The van der Waals surface area contributed by atoms with Crippen LogP contribution < -0.4 is 15.6 Å². The third-order valence-corrected chi connectivity index (χ3v) is 8.93. The number of rotatable bonds is 7. The highest BCUT2D eigenvalue weighted by Gasteiger charge is 2.23. The summed E-state index contributed by atoms with van der Waals surface area (Å²) < 4.78 is 10.2. The van der Waals surface area contributed by atoms with E-state index in [-0.39, 0.29) is 17.2 Å². The van der Waals surface area contributed by atoms with Gasteiger partial charge >= 0.3 is 5.97 Å². The third kappa shape index (κ3) is 4.78. The summed E-state index contributed by atoms with van der Waals surface area (Å²) in [5.74, 6) is -0.132. The average molecular weight is 542 g/mol. The summed E-state index contributed by atoms with van der Waals surface area (Å²) in [6, 6.07) is 7.29. The number of aryl methyl sites for hydroxylation is 2. The molecule has 0 spiro atoms. The maximum absolute atomic E-state index is 12.8. The molecule has 3 heterocycles. The van der Waals surface area contributed by atoms with Crippen molar-refractivity contribution in [3.8, 4) is 16.9 Å². The number of thioether (sulfide) groups is 1. The average Bonchev–Trinajstić information content (AvgIpc) is 3.48. The molecule has 4 aromatic rings. The van der Waals surface area contributed by atoms with Crippen LogP contribution in [0.5, 0.6) is 5.75 Å². The van der Waals surface area contributed by atoms with Crippen molar-refractivity contribution in [3.63, 3.8) is 0 Å². The molecule has 2 N–H and O–H groups in total. The van der Waals surface area contributed by atoms with Crippen LogP contribution in [0.2, 0.25) is 0 Å². The minimum Gasteiger partial charge on any atom is -0.497 e. The van der Waals surface area contributed by atoms with E-state index in [0.717, 1.165) is 53.4 Å². The standard InChI is InChI=1S/C25H23N3O5S3/c1-32-14-9-7-13(8-10-14)16-11-34-22(20(16)24(31)33-2)26-18(29)12-35-25-27-21(30)19-15-5-3-4-6-17(15)36-23(19)28-25/h7-11H,3-6,12H2,1-2H3,(H,26,29)(H,27,28,30). The summed E-state index contributed by atoms with van der Waals surface area (Å²) >= 11 is 3.97. The zero-order valence-electron chi connectivity index (χ0n) is 19.6. The number of nitrogens with one attached hydrogen (secondary N) is 2. The Kier molecular flexibility index (Phi) is 7.13. The zero-order chi connectivity index (χ0) is 25.2. The molecule has 8 nitrogen and oxygen atoms in total. The number of esters is 1. The van der Waals surface area contributed by atoms with Crippen molar-refractivity contribution in [1.82, 2.24) is 9.97 Å². The molecule has 5 rings (SSSR count). The summed E-state index contributed by atoms with van der Waals surface area (Å²) in [4.78, 5) is 47.5. The molecule has 1 aliphatic rings. The van der Waals surface area contributed by atoms with Crippen molar-refractivity contribution in [3.05, 3.63) is 56.0 Å². The predicted octanol–water partition coefficient (Wildman–Crippen LogP) is 5.12. The maximum atomic E-state index is 12.8. The summed E-state index contributed by atoms with van der Waals surface area (Å²) in [6.07, 6.45) is 4.13. The molecule has 0 unspecified atom stereocenters. The van der Waals surface area contributed by atoms with E-state index >= 15 is 0 Å². The fourth-order valence-corrected chi connectivity index (χ4v) is 7.20. The van der Waals surface area contributed by atoms with E-state index in [0.29, 0.717) is 32.4 Å². The molecular formula is C25H23N3O5S3. The Morgan fingerprint density at radius 3 is 2.69 bits per heavy atom. The van der Waals surface area contributed by atoms with Crippen molar-refractivity contribution >= 4 is 61.5 Å². The van der Waals surface area contributed by atoms with E-state index in [1.807, 2.05) is 17.5 Å². The van der Waals surface area contributed by atoms with Crippen LogP contribution in [0, 0.1) is 0 Å². The van der Waals surface area contributed by atoms with Gasteiger partial charge in [-0.05, 0) is 48.9 Å². The molecule has 0 saturated carbocycles. The van der Waals surface area contributed by atoms with Gasteiger partial charge in [0, 0.05) is 15.8 Å². The van der Waals surface area contributed by atoms with E-state index in [1.54, 1.807) is 30.6 Å². The highest BCUT2D eigenvalue weighted by atomic mass is 32.2. The lowest BCUT2D eigenvalue weighted by Gasteiger charge is -2.09. The number of methoxy groups -OCH3 is 2. The van der Waals surface area contributed by atoms with Crippen LogP contribution in [0.1, 0.15) is 33.6 Å². The van der Waals surface area contributed by atoms with Gasteiger partial charge in [0.1, 0.15) is 21.1 Å². The Bertz CT molecular complexity index is 1500. The lowest BCUT2D eigenvalue weighted by atomic mass is 9.97. The number of hydrogen-bond acceptors (Lipinski definition) is 9. The number of anilines is 1. The molecule has 11 heteroatoms. The molecule has 36 heavy (non-hydrogen) atoms. The van der Waals surface area contributed by atoms with Gasteiger partial charge in [-0.15, -0.1) is 22.7 Å². The molecule has 1 amide bonds. The maximum Gasteiger partial charge on any atom is 0.341 e. The smallest absolute Gasteiger partial charge is 0.341 e. The van der Waals surface area contributed by atoms with Crippen molar-refractivity contribution in [2.45, 2.75) is 30.8 Å². The van der Waals surface area contributed by atoms with Gasteiger partial charge in [0.05, 0.1) is 25.4 Å². The number of aromatic amines is 1. The molecule has 1 aromatic carbocycles. The van der Waals surface area contributed by atoms with Crippen LogP contribution >= 0.6 is 34.4 Å². The Balaban J connectivity index is 1.33. The van der Waals surface area contributed by atoms with Crippen molar-refractivity contribution in [2.24, 2.45) is 0 Å². The second-order valence-corrected chi connectivity index (χ2v) is 11.1. The van der Waals surface area contributed by atoms with Crippen LogP contribution in [0.15, 0.2) is 39.6 Å². The topological polar surface area (TPSA) is 110 Å². The molecule has 0 atom stereocenters. The van der Waals surface area contributed by atoms with Gasteiger partial charge in [-0.25, -0.2) is 9.78 Å². The van der Waals surface area contributed by atoms with Crippen molar-refractivity contribution < 1.29 is 19.1 Å². The predicted molar refractivity (Wildman–Crippen MR) is 144 cm³/mol. The molecule has 0 fully saturated rings. The first-order valence-electron chi connectivity index (χ1n) is 11.3. The number of thiophene rings is 2. The van der Waals surface area contributed by atoms with Crippen LogP contribution in [0.3, 0.4) is 0 Å². The monoisotopic (exact) mass is 541 g/mol. The number of ether oxygens (including phenoxy) is 2. The normalized spacial score (nSPS) is 12.8. The number of aromatic nitrogens is 2. The van der Waals surface area contributed by atoms with E-state index < -0.39 is 5.97 Å². The fourth-order valence-electron chi connectivity index (χ4n) is 4.25. The third-order valence-electron chi connectivity index (χ3n) is 5.98. The molecular weight excluding hydrogens is 518 g/mol. The van der Waals surface area contributed by atoms with E-state index in [4.69, 9.17) is 9.47 Å². The Hall–Kier alpha value is -3.15. The first kappa shape index (κ1) is 24.5. The van der Waals surface area contributed by atoms with Crippen LogP contribution in [0.25, 0.3) is 21.3 Å². The zero-order valence-corrected chi connectivity index (χ0v) is 22.1. The lowest BCUT2D eigenvalue weighted by molar-refractivity contribution is -0.113. The number of benzene rings is 1. The van der Waals surface area contributed by atoms with Gasteiger partial charge in [-0.1, -0.05) is 23.9 Å². The number of carbonyl (C=O) groups excluding carboxylic acids is 2. The highest BCUT2D eigenvalue weighted by Crippen LogP contribution is 2.37. The summed E-state index contributed by atoms with van der Waals surface area (Å²) in [7, 11) is 2.89. The SMILES string of the molecule is COC(=O)c1c(-c2ccc(OC)cc2)csc1NC(=O)CSc1nc2sc3c(c2c(=O)[nH]1)CCCC3. The largest absolute Gasteiger partial charge is 0.497 e. The van der Waals surface area contributed by atoms with Gasteiger partial charge < -0.3 is 19.8 Å². The van der Waals surface area contributed by atoms with Gasteiger partial charge in [-0.3, -0.25) is 9.59 Å². The quantitative estimate of drug-likeness (QED) is 0.190. The molecule has 1 aliphatic carbocycles. The molecule has 3 aromatic heterocycles. The van der Waals surface area contributed by atoms with Gasteiger partial charge in [0.2, 0.25) is 5.91 Å². The number of hydrogen-bond donors (Lipinski definition) is 2. The number of H-pyrrole nitrogens is 1. The van der Waals surface area contributed by atoms with Crippen LogP contribution in [0.4, 0.5) is 5.00 Å². The molecule has 0 aliphatic heterocycles. The highest BCUT2D eigenvalue weighted by molar-refractivity contribution is 7.99. The minimum absolute atomic E-state index is 0.0237. The summed E-state index contributed by atoms with van der Waals surface area (Å²) in [6.45, 7) is 0. The molecule has 0 saturated heterocycles. The van der Waals surface area contributed by atoms with Gasteiger partial charge in [0.25, 0.3) is 5.56 Å². The number of amides is 1. The number of carbonyl (C=O) groups is 2. The second-order valence-electron chi connectivity index (χ2n) is 8.17. The summed E-state index contributed by atoms with van der Waals surface area (Å²) in [5.41, 5.74) is 2.73. The minimum atomic E-state index is -0.539. The first-order valence-corrected chi connectivity index (χ1v) is 14.0. The van der Waals surface area contributed by atoms with Gasteiger partial charge in [-0.2, -0.15) is 0 Å². The van der Waals surface area contributed by atoms with Gasteiger partial charge in [0.15, 0.2) is 5.16 Å². The van der Waals surface area contributed by atoms with Crippen LogP contribution in [-0.2, 0) is 22.4 Å². The Morgan fingerprint density at radius 1 is 1.17 bits per heavy atom. The van der Waals surface area contributed by atoms with E-state index in [2.05, 4.69) is 15.3 Å². The molecule has 0 bridgehead atoms. The van der Waals surface area contributed by atoms with Crippen LogP contribution in [-0.4, -0.2) is 41.8 Å². The van der Waals surface area contributed by atoms with Crippen molar-refractivity contribution in [1.29, 1.82) is 0 Å². The molecule has 186 valence electrons. The number of fused-ring (bicyclic) bond motifs is 3. The lowest BCUT2D eigenvalue weighted by Crippen LogP contribution is -2.17. The Morgan fingerprint density at radius 2 is 1.94 bits per heavy atom. The molecule has 0 radical (unpaired) electrons. The van der Waals surface area contributed by atoms with E-state index in [9.17, 15) is 14.4 Å². The van der Waals surface area contributed by atoms with E-state index in [1.165, 1.54) is 23.3 Å². The first-order chi connectivity index (χ1) is 17.5. The summed E-state index contributed by atoms with van der Waals surface area (Å²) in [5, 5.41) is 6.12. The Labute approximate surface area is 219 Å². The fraction of sp³-hybridized carbons (Fsp3) is 0.280. The number of nitrogens with zero attached hydrogens (tertiary/aromatic N) is 1. The second kappa shape index (κ2) is 10.5. The van der Waals surface area contributed by atoms with Crippen molar-refractivity contribution in [2.75, 3.05) is 25.3 Å².